The highest BCUT2D eigenvalue weighted by atomic mass is 16.5. The Morgan fingerprint density at radius 2 is 2.00 bits per heavy atom. The maximum atomic E-state index is 10.5. The summed E-state index contributed by atoms with van der Waals surface area (Å²) < 4.78 is 11.3. The molecular formula is C23H31N3O3. The summed E-state index contributed by atoms with van der Waals surface area (Å²) >= 11 is 0. The number of anilines is 1. The van der Waals surface area contributed by atoms with E-state index in [0.717, 1.165) is 67.3 Å². The molecular weight excluding hydrogens is 366 g/mol. The van der Waals surface area contributed by atoms with Gasteiger partial charge < -0.3 is 19.0 Å². The number of aldehydes is 1. The second kappa shape index (κ2) is 8.97. The molecule has 2 aromatic rings. The van der Waals surface area contributed by atoms with Crippen LogP contribution in [0, 0.1) is 17.8 Å². The second-order valence-electron chi connectivity index (χ2n) is 8.73. The number of carbonyl (C=O) groups is 1. The zero-order valence-electron chi connectivity index (χ0n) is 17.4. The van der Waals surface area contributed by atoms with Gasteiger partial charge in [-0.2, -0.15) is 4.98 Å². The predicted molar refractivity (Wildman–Crippen MR) is 111 cm³/mol. The Morgan fingerprint density at radius 1 is 1.24 bits per heavy atom. The molecule has 0 bridgehead atoms. The molecule has 2 aliphatic rings. The Kier molecular flexibility index (Phi) is 6.16. The molecule has 1 aliphatic carbocycles. The molecule has 1 saturated carbocycles. The van der Waals surface area contributed by atoms with E-state index in [1.807, 2.05) is 24.3 Å². The van der Waals surface area contributed by atoms with Gasteiger partial charge >= 0.3 is 6.01 Å². The van der Waals surface area contributed by atoms with Gasteiger partial charge in [0.25, 0.3) is 0 Å². The van der Waals surface area contributed by atoms with Crippen molar-refractivity contribution >= 4 is 12.3 Å². The molecule has 6 nitrogen and oxygen atoms in total. The highest BCUT2D eigenvalue weighted by Crippen LogP contribution is 2.49. The van der Waals surface area contributed by atoms with Crippen molar-refractivity contribution in [2.75, 3.05) is 24.6 Å². The van der Waals surface area contributed by atoms with E-state index < -0.39 is 0 Å². The summed E-state index contributed by atoms with van der Waals surface area (Å²) in [6.07, 6.45) is 6.28. The Morgan fingerprint density at radius 3 is 2.66 bits per heavy atom. The number of rotatable bonds is 9. The topological polar surface area (TPSA) is 68.5 Å². The average molecular weight is 398 g/mol. The normalized spacial score (nSPS) is 22.1. The molecule has 29 heavy (non-hydrogen) atoms. The highest BCUT2D eigenvalue weighted by Gasteiger charge is 2.43. The molecule has 1 saturated heterocycles. The lowest BCUT2D eigenvalue weighted by Gasteiger charge is -2.30. The fraction of sp³-hybridized carbons (Fsp3) is 0.609. The third-order valence-corrected chi connectivity index (χ3v) is 6.34. The van der Waals surface area contributed by atoms with E-state index in [1.54, 1.807) is 0 Å². The summed E-state index contributed by atoms with van der Waals surface area (Å²) in [5, 5.41) is 4.08. The van der Waals surface area contributed by atoms with Crippen LogP contribution in [0.5, 0.6) is 5.75 Å². The summed E-state index contributed by atoms with van der Waals surface area (Å²) in [7, 11) is 0. The van der Waals surface area contributed by atoms with Crippen molar-refractivity contribution in [3.63, 3.8) is 0 Å². The number of hydrogen-bond acceptors (Lipinski definition) is 6. The summed E-state index contributed by atoms with van der Waals surface area (Å²) in [5.41, 5.74) is 1.03. The first-order valence-corrected chi connectivity index (χ1v) is 10.9. The van der Waals surface area contributed by atoms with Gasteiger partial charge in [-0.3, -0.25) is 0 Å². The van der Waals surface area contributed by atoms with E-state index in [4.69, 9.17) is 9.26 Å². The Bertz CT molecular complexity index is 794. The van der Waals surface area contributed by atoms with Crippen molar-refractivity contribution < 1.29 is 14.1 Å². The van der Waals surface area contributed by atoms with Crippen molar-refractivity contribution in [3.05, 3.63) is 35.7 Å². The van der Waals surface area contributed by atoms with Gasteiger partial charge in [-0.25, -0.2) is 0 Å². The smallest absolute Gasteiger partial charge is 0.324 e. The molecule has 1 aromatic heterocycles. The number of piperidine rings is 1. The first-order chi connectivity index (χ1) is 14.1. The van der Waals surface area contributed by atoms with Gasteiger partial charge in [-0.1, -0.05) is 31.1 Å². The second-order valence-corrected chi connectivity index (χ2v) is 8.73. The van der Waals surface area contributed by atoms with E-state index in [1.165, 1.54) is 19.3 Å². The van der Waals surface area contributed by atoms with Crippen LogP contribution in [0.3, 0.4) is 0 Å². The van der Waals surface area contributed by atoms with Crippen LogP contribution in [0.15, 0.2) is 28.8 Å². The minimum Gasteiger partial charge on any atom is -0.494 e. The van der Waals surface area contributed by atoms with Crippen LogP contribution in [0.2, 0.25) is 0 Å². The van der Waals surface area contributed by atoms with E-state index in [2.05, 4.69) is 28.9 Å². The number of ether oxygens (including phenoxy) is 1. The van der Waals surface area contributed by atoms with Gasteiger partial charge in [0.15, 0.2) is 5.82 Å². The minimum absolute atomic E-state index is 0.300. The summed E-state index contributed by atoms with van der Waals surface area (Å²) in [6.45, 7) is 6.96. The molecule has 2 atom stereocenters. The number of nitrogens with zero attached hydrogens (tertiary/aromatic N) is 3. The molecule has 0 radical (unpaired) electrons. The summed E-state index contributed by atoms with van der Waals surface area (Å²) in [4.78, 5) is 17.3. The van der Waals surface area contributed by atoms with Crippen molar-refractivity contribution in [1.82, 2.24) is 10.1 Å². The highest BCUT2D eigenvalue weighted by molar-refractivity contribution is 5.55. The fourth-order valence-electron chi connectivity index (χ4n) is 4.43. The fourth-order valence-corrected chi connectivity index (χ4v) is 4.43. The lowest BCUT2D eigenvalue weighted by atomic mass is 9.90. The maximum Gasteiger partial charge on any atom is 0.324 e. The van der Waals surface area contributed by atoms with Gasteiger partial charge in [0.1, 0.15) is 12.0 Å². The van der Waals surface area contributed by atoms with Crippen LogP contribution in [0.25, 0.3) is 0 Å². The first-order valence-electron chi connectivity index (χ1n) is 10.9. The molecule has 1 aliphatic heterocycles. The van der Waals surface area contributed by atoms with Gasteiger partial charge in [-0.05, 0) is 61.1 Å². The average Bonchev–Trinajstić information content (AvgIpc) is 3.32. The van der Waals surface area contributed by atoms with Crippen LogP contribution in [-0.2, 0) is 11.2 Å². The lowest BCUT2D eigenvalue weighted by molar-refractivity contribution is -0.107. The number of benzene rings is 1. The first kappa shape index (κ1) is 19.9. The van der Waals surface area contributed by atoms with Crippen molar-refractivity contribution in [2.45, 2.75) is 51.9 Å². The Balaban J connectivity index is 1.16. The molecule has 4 rings (SSSR count). The number of carbonyl (C=O) groups excluding carboxylic acids is 1. The molecule has 1 aromatic carbocycles. The minimum atomic E-state index is 0.300. The summed E-state index contributed by atoms with van der Waals surface area (Å²) in [6, 6.07) is 8.53. The van der Waals surface area contributed by atoms with E-state index in [-0.39, 0.29) is 0 Å². The third-order valence-electron chi connectivity index (χ3n) is 6.34. The van der Waals surface area contributed by atoms with Gasteiger partial charge in [0.05, 0.1) is 6.61 Å². The molecule has 156 valence electrons. The quantitative estimate of drug-likeness (QED) is 0.589. The lowest BCUT2D eigenvalue weighted by Crippen LogP contribution is -2.34. The van der Waals surface area contributed by atoms with Crippen LogP contribution < -0.4 is 9.64 Å². The molecule has 2 unspecified atom stereocenters. The van der Waals surface area contributed by atoms with Crippen LogP contribution in [0.4, 0.5) is 6.01 Å². The largest absolute Gasteiger partial charge is 0.494 e. The third kappa shape index (κ3) is 4.98. The molecule has 2 fully saturated rings. The van der Waals surface area contributed by atoms with Crippen LogP contribution in [-0.4, -0.2) is 36.1 Å². The van der Waals surface area contributed by atoms with E-state index >= 15 is 0 Å². The SMILES string of the molecule is CC(C)c1noc(N2CCC(C3CC3CCOc3ccc(CC=O)cc3)CC2)n1. The number of hydrogen-bond donors (Lipinski definition) is 0. The molecule has 6 heteroatoms. The van der Waals surface area contributed by atoms with Crippen molar-refractivity contribution in [2.24, 2.45) is 17.8 Å². The van der Waals surface area contributed by atoms with Crippen molar-refractivity contribution in [1.29, 1.82) is 0 Å². The van der Waals surface area contributed by atoms with E-state index in [0.29, 0.717) is 18.4 Å². The zero-order valence-corrected chi connectivity index (χ0v) is 17.4. The monoisotopic (exact) mass is 397 g/mol. The van der Waals surface area contributed by atoms with Gasteiger partial charge in [-0.15, -0.1) is 0 Å². The van der Waals surface area contributed by atoms with E-state index in [9.17, 15) is 4.79 Å². The van der Waals surface area contributed by atoms with Gasteiger partial charge in [0, 0.05) is 25.4 Å². The van der Waals surface area contributed by atoms with Crippen LogP contribution >= 0.6 is 0 Å². The molecule has 0 N–H and O–H groups in total. The Labute approximate surface area is 172 Å². The van der Waals surface area contributed by atoms with Gasteiger partial charge in [0.2, 0.25) is 0 Å². The molecule has 2 heterocycles. The van der Waals surface area contributed by atoms with Crippen molar-refractivity contribution in [3.8, 4) is 5.75 Å². The number of aromatic nitrogens is 2. The molecule has 0 amide bonds. The predicted octanol–water partition coefficient (Wildman–Crippen LogP) is 4.26. The summed E-state index contributed by atoms with van der Waals surface area (Å²) in [5.74, 6) is 4.45. The Hall–Kier alpha value is -2.37. The zero-order chi connectivity index (χ0) is 20.2. The maximum absolute atomic E-state index is 10.5. The standard InChI is InChI=1S/C23H31N3O3/c1-16(2)22-24-23(29-25-22)26-11-7-18(8-12-26)21-15-19(21)10-14-28-20-5-3-17(4-6-20)9-13-27/h3-6,13,16,18-19,21H,7-12,14-15H2,1-2H3. The van der Waals surface area contributed by atoms with Crippen LogP contribution in [0.1, 0.15) is 56.8 Å². The molecule has 0 spiro atoms.